The SMILES string of the molecule is COc1ccc(F)cc1COC(=O)c1ccc(S(=O)(=O)N2CCCCC2)cc1. The lowest BCUT2D eigenvalue weighted by Gasteiger charge is -2.25. The number of ether oxygens (including phenoxy) is 2. The zero-order valence-corrected chi connectivity index (χ0v) is 16.4. The van der Waals surface area contributed by atoms with E-state index in [1.54, 1.807) is 0 Å². The summed E-state index contributed by atoms with van der Waals surface area (Å²) in [6.45, 7) is 0.872. The summed E-state index contributed by atoms with van der Waals surface area (Å²) in [4.78, 5) is 12.4. The van der Waals surface area contributed by atoms with Crippen molar-refractivity contribution in [2.75, 3.05) is 20.2 Å². The summed E-state index contributed by atoms with van der Waals surface area (Å²) in [5.41, 5.74) is 0.619. The summed E-state index contributed by atoms with van der Waals surface area (Å²) >= 11 is 0. The van der Waals surface area contributed by atoms with E-state index < -0.39 is 21.8 Å². The first-order valence-electron chi connectivity index (χ1n) is 9.01. The molecule has 2 aromatic rings. The number of carbonyl (C=O) groups excluding carboxylic acids is 1. The highest BCUT2D eigenvalue weighted by Crippen LogP contribution is 2.22. The molecule has 0 aliphatic carbocycles. The second-order valence-electron chi connectivity index (χ2n) is 6.52. The van der Waals surface area contributed by atoms with Crippen molar-refractivity contribution < 1.29 is 27.1 Å². The largest absolute Gasteiger partial charge is 0.496 e. The molecule has 0 atom stereocenters. The molecule has 0 radical (unpaired) electrons. The number of hydrogen-bond donors (Lipinski definition) is 0. The van der Waals surface area contributed by atoms with Gasteiger partial charge in [-0.25, -0.2) is 17.6 Å². The van der Waals surface area contributed by atoms with E-state index >= 15 is 0 Å². The minimum absolute atomic E-state index is 0.151. The van der Waals surface area contributed by atoms with Crippen molar-refractivity contribution in [1.82, 2.24) is 4.31 Å². The Morgan fingerprint density at radius 1 is 1.07 bits per heavy atom. The molecule has 0 bridgehead atoms. The van der Waals surface area contributed by atoms with Crippen LogP contribution in [-0.2, 0) is 21.4 Å². The molecule has 0 aromatic heterocycles. The van der Waals surface area contributed by atoms with Gasteiger partial charge in [0.15, 0.2) is 0 Å². The van der Waals surface area contributed by atoms with Crippen molar-refractivity contribution in [3.8, 4) is 5.75 Å². The molecule has 1 saturated heterocycles. The van der Waals surface area contributed by atoms with Crippen molar-refractivity contribution >= 4 is 16.0 Å². The molecule has 0 spiro atoms. The van der Waals surface area contributed by atoms with E-state index in [1.807, 2.05) is 0 Å². The molecular weight excluding hydrogens is 385 g/mol. The standard InChI is InChI=1S/C20H22FNO5S/c1-26-19-10-7-17(21)13-16(19)14-27-20(23)15-5-8-18(9-6-15)28(24,25)22-11-3-2-4-12-22/h5-10,13H,2-4,11-12,14H2,1H3. The monoisotopic (exact) mass is 407 g/mol. The predicted molar refractivity (Wildman–Crippen MR) is 101 cm³/mol. The summed E-state index contributed by atoms with van der Waals surface area (Å²) in [6.07, 6.45) is 2.74. The van der Waals surface area contributed by atoms with E-state index in [-0.39, 0.29) is 17.1 Å². The Hall–Kier alpha value is -2.45. The molecule has 1 fully saturated rings. The number of piperidine rings is 1. The second-order valence-corrected chi connectivity index (χ2v) is 8.46. The molecule has 8 heteroatoms. The zero-order valence-electron chi connectivity index (χ0n) is 15.6. The maximum absolute atomic E-state index is 13.4. The van der Waals surface area contributed by atoms with Gasteiger partial charge in [-0.05, 0) is 55.3 Å². The fourth-order valence-electron chi connectivity index (χ4n) is 3.10. The summed E-state index contributed by atoms with van der Waals surface area (Å²) in [6, 6.07) is 9.60. The van der Waals surface area contributed by atoms with Crippen molar-refractivity contribution in [1.29, 1.82) is 0 Å². The minimum Gasteiger partial charge on any atom is -0.496 e. The van der Waals surface area contributed by atoms with Gasteiger partial charge < -0.3 is 9.47 Å². The van der Waals surface area contributed by atoms with Crippen molar-refractivity contribution in [2.24, 2.45) is 0 Å². The third-order valence-electron chi connectivity index (χ3n) is 4.64. The number of nitrogens with zero attached hydrogens (tertiary/aromatic N) is 1. The maximum atomic E-state index is 13.4. The summed E-state index contributed by atoms with van der Waals surface area (Å²) in [7, 11) is -2.11. The van der Waals surface area contributed by atoms with Crippen LogP contribution in [0.3, 0.4) is 0 Å². The lowest BCUT2D eigenvalue weighted by atomic mass is 10.2. The van der Waals surface area contributed by atoms with Gasteiger partial charge in [0.25, 0.3) is 0 Å². The van der Waals surface area contributed by atoms with Gasteiger partial charge in [0.05, 0.1) is 17.6 Å². The van der Waals surface area contributed by atoms with E-state index in [0.29, 0.717) is 24.4 Å². The quantitative estimate of drug-likeness (QED) is 0.687. The van der Waals surface area contributed by atoms with Crippen molar-refractivity contribution in [3.05, 3.63) is 59.4 Å². The van der Waals surface area contributed by atoms with Crippen molar-refractivity contribution in [3.63, 3.8) is 0 Å². The third-order valence-corrected chi connectivity index (χ3v) is 6.56. The van der Waals surface area contributed by atoms with Gasteiger partial charge in [-0.15, -0.1) is 0 Å². The van der Waals surface area contributed by atoms with Crippen LogP contribution in [0.5, 0.6) is 5.75 Å². The fraction of sp³-hybridized carbons (Fsp3) is 0.350. The molecule has 0 N–H and O–H groups in total. The van der Waals surface area contributed by atoms with Crippen LogP contribution in [0.4, 0.5) is 4.39 Å². The first-order valence-corrected chi connectivity index (χ1v) is 10.5. The molecule has 0 amide bonds. The van der Waals surface area contributed by atoms with Crippen LogP contribution in [0.25, 0.3) is 0 Å². The highest BCUT2D eigenvalue weighted by Gasteiger charge is 2.26. The predicted octanol–water partition coefficient (Wildman–Crippen LogP) is 3.37. The van der Waals surface area contributed by atoms with E-state index in [9.17, 15) is 17.6 Å². The number of carbonyl (C=O) groups is 1. The number of halogens is 1. The Morgan fingerprint density at radius 3 is 2.39 bits per heavy atom. The molecule has 0 saturated carbocycles. The van der Waals surface area contributed by atoms with Gasteiger partial charge in [0, 0.05) is 18.7 Å². The number of sulfonamides is 1. The van der Waals surface area contributed by atoms with Crippen molar-refractivity contribution in [2.45, 2.75) is 30.8 Å². The van der Waals surface area contributed by atoms with E-state index in [1.165, 1.54) is 53.9 Å². The fourth-order valence-corrected chi connectivity index (χ4v) is 4.62. The number of methoxy groups -OCH3 is 1. The topological polar surface area (TPSA) is 72.9 Å². The van der Waals surface area contributed by atoms with Crippen LogP contribution < -0.4 is 4.74 Å². The van der Waals surface area contributed by atoms with E-state index in [0.717, 1.165) is 19.3 Å². The highest BCUT2D eigenvalue weighted by molar-refractivity contribution is 7.89. The summed E-state index contributed by atoms with van der Waals surface area (Å²) in [5, 5.41) is 0. The van der Waals surface area contributed by atoms with Crippen LogP contribution >= 0.6 is 0 Å². The smallest absolute Gasteiger partial charge is 0.338 e. The van der Waals surface area contributed by atoms with E-state index in [4.69, 9.17) is 9.47 Å². The first-order chi connectivity index (χ1) is 13.4. The first kappa shape index (κ1) is 20.3. The molecule has 1 aliphatic heterocycles. The lowest BCUT2D eigenvalue weighted by molar-refractivity contribution is 0.0469. The average molecular weight is 407 g/mol. The molecule has 3 rings (SSSR count). The normalized spacial score (nSPS) is 15.2. The van der Waals surface area contributed by atoms with Gasteiger partial charge in [0.2, 0.25) is 10.0 Å². The van der Waals surface area contributed by atoms with Crippen LogP contribution in [-0.4, -0.2) is 38.9 Å². The highest BCUT2D eigenvalue weighted by atomic mass is 32.2. The molecule has 2 aromatic carbocycles. The molecule has 0 unspecified atom stereocenters. The van der Waals surface area contributed by atoms with Gasteiger partial charge in [-0.2, -0.15) is 4.31 Å². The second kappa shape index (κ2) is 8.70. The third kappa shape index (κ3) is 4.51. The Kier molecular flexibility index (Phi) is 6.31. The Bertz CT molecular complexity index is 938. The average Bonchev–Trinajstić information content (AvgIpc) is 2.73. The summed E-state index contributed by atoms with van der Waals surface area (Å²) < 4.78 is 50.5. The molecule has 6 nitrogen and oxygen atoms in total. The molecule has 28 heavy (non-hydrogen) atoms. The van der Waals surface area contributed by atoms with Gasteiger partial charge in [0.1, 0.15) is 18.2 Å². The maximum Gasteiger partial charge on any atom is 0.338 e. The number of rotatable bonds is 6. The zero-order chi connectivity index (χ0) is 20.1. The molecule has 1 heterocycles. The summed E-state index contributed by atoms with van der Waals surface area (Å²) in [5.74, 6) is -0.676. The lowest BCUT2D eigenvalue weighted by Crippen LogP contribution is -2.35. The van der Waals surface area contributed by atoms with Gasteiger partial charge in [-0.1, -0.05) is 6.42 Å². The Labute approximate surface area is 163 Å². The minimum atomic E-state index is -3.55. The van der Waals surface area contributed by atoms with Crippen LogP contribution in [0.1, 0.15) is 35.2 Å². The van der Waals surface area contributed by atoms with E-state index in [2.05, 4.69) is 0 Å². The van der Waals surface area contributed by atoms with Gasteiger partial charge in [-0.3, -0.25) is 0 Å². The number of hydrogen-bond acceptors (Lipinski definition) is 5. The molecule has 1 aliphatic rings. The molecule has 150 valence electrons. The number of esters is 1. The number of benzene rings is 2. The Balaban J connectivity index is 1.68. The molecular formula is C20H22FNO5S. The van der Waals surface area contributed by atoms with Crippen LogP contribution in [0.15, 0.2) is 47.4 Å². The van der Waals surface area contributed by atoms with Gasteiger partial charge >= 0.3 is 5.97 Å². The van der Waals surface area contributed by atoms with Crippen LogP contribution in [0, 0.1) is 5.82 Å². The Morgan fingerprint density at radius 2 is 1.75 bits per heavy atom. The van der Waals surface area contributed by atoms with Crippen LogP contribution in [0.2, 0.25) is 0 Å².